The normalized spacial score (nSPS) is 3.50. The van der Waals surface area contributed by atoms with Crippen LogP contribution in [0.1, 0.15) is 0 Å². The van der Waals surface area contributed by atoms with Gasteiger partial charge in [0.2, 0.25) is 0 Å². The molecule has 3 nitrogen and oxygen atoms in total. The second kappa shape index (κ2) is 15.8. The number of carbonyl (C=O) groups is 1. The minimum atomic E-state index is -0.181. The van der Waals surface area contributed by atoms with E-state index in [9.17, 15) is 0 Å². The summed E-state index contributed by atoms with van der Waals surface area (Å²) in [5, 5.41) is 8.43. The van der Waals surface area contributed by atoms with Crippen molar-refractivity contribution in [3.05, 3.63) is 0 Å². The van der Waals surface area contributed by atoms with E-state index in [4.69, 9.17) is 10.1 Å². The van der Waals surface area contributed by atoms with Crippen molar-refractivity contribution in [2.45, 2.75) is 0 Å². The Morgan fingerprint density at radius 3 is 1.83 bits per heavy atom. The van der Waals surface area contributed by atoms with E-state index >= 15 is 0 Å². The summed E-state index contributed by atoms with van der Waals surface area (Å²) >= 11 is 0. The summed E-state index contributed by atoms with van der Waals surface area (Å²) in [5.41, 5.74) is 0. The van der Waals surface area contributed by atoms with Crippen LogP contribution in [-0.4, -0.2) is 75.4 Å². The van der Waals surface area contributed by atoms with Crippen molar-refractivity contribution in [3.8, 4) is 0 Å². The predicted octanol–water partition coefficient (Wildman–Crippen LogP) is -4.94. The van der Waals surface area contributed by atoms with E-state index in [2.05, 4.69) is 4.89 Å². The molecule has 0 aliphatic carbocycles. The Labute approximate surface area is 153 Å². The Balaban J connectivity index is -0.0000000450. The molecule has 0 bridgehead atoms. The number of hydrogen-bond donors (Lipinski definition) is 0. The van der Waals surface area contributed by atoms with Gasteiger partial charge in [-0.05, 0) is 0 Å². The molecule has 0 N–H and O–H groups in total. The van der Waals surface area contributed by atoms with Crippen LogP contribution >= 0.6 is 0 Å². The van der Waals surface area contributed by atoms with E-state index < -0.39 is 0 Å². The van der Waals surface area contributed by atoms with Gasteiger partial charge >= 0.3 is 68.9 Å². The zero-order chi connectivity index (χ0) is 3.41. The molecule has 0 heterocycles. The minimum Gasteiger partial charge on any atom is -0.662 e. The molecule has 0 aromatic carbocycles. The zero-order valence-electron chi connectivity index (χ0n) is 3.80. The molecule has 0 aromatic heterocycles. The maximum atomic E-state index is 8.64. The molecule has 0 fully saturated rings. The Morgan fingerprint density at radius 2 is 1.83 bits per heavy atom. The van der Waals surface area contributed by atoms with Gasteiger partial charge in [0.1, 0.15) is 0 Å². The van der Waals surface area contributed by atoms with Gasteiger partial charge in [-0.1, -0.05) is 0 Å². The van der Waals surface area contributed by atoms with E-state index in [1.165, 1.54) is 0 Å². The largest absolute Gasteiger partial charge is 1.00 e. The molecule has 0 aliphatic rings. The average molecular weight is 327 g/mol. The van der Waals surface area contributed by atoms with Crippen LogP contribution in [-0.2, 0) is 9.68 Å². The molecule has 0 saturated carbocycles. The van der Waals surface area contributed by atoms with Crippen LogP contribution in [0.2, 0.25) is 0 Å². The van der Waals surface area contributed by atoms with E-state index in [0.717, 1.165) is 0 Å². The number of rotatable bonds is 1. The molecule has 0 unspecified atom stereocenters. The molecule has 0 amide bonds. The monoisotopic (exact) mass is 327 g/mol. The SMILES string of the molecule is O=CO[O-].[Cs+].[Cs]. The number of hydrogen-bond acceptors (Lipinski definition) is 3. The molecular weight excluding hydrogens is 326 g/mol. The van der Waals surface area contributed by atoms with Crippen molar-refractivity contribution in [2.24, 2.45) is 0 Å². The Hall–Kier alpha value is 3.53. The zero-order valence-corrected chi connectivity index (χ0v) is 16.4. The van der Waals surface area contributed by atoms with Gasteiger partial charge in [0.25, 0.3) is 6.47 Å². The molecule has 0 spiro atoms. The van der Waals surface area contributed by atoms with Gasteiger partial charge in [-0.2, -0.15) is 0 Å². The molecule has 5 heteroatoms. The van der Waals surface area contributed by atoms with Crippen LogP contribution in [0.4, 0.5) is 0 Å². The van der Waals surface area contributed by atoms with Crippen molar-refractivity contribution < 1.29 is 83.8 Å². The third-order valence-electron chi connectivity index (χ3n) is 0.0393. The molecule has 6 heavy (non-hydrogen) atoms. The summed E-state index contributed by atoms with van der Waals surface area (Å²) in [4.78, 5) is 11.2. The third kappa shape index (κ3) is 15.6. The van der Waals surface area contributed by atoms with Crippen LogP contribution in [0.25, 0.3) is 0 Å². The summed E-state index contributed by atoms with van der Waals surface area (Å²) < 4.78 is 0. The molecule has 1 radical (unpaired) electrons. The third-order valence-corrected chi connectivity index (χ3v) is 0.0393. The Morgan fingerprint density at radius 1 is 1.67 bits per heavy atom. The van der Waals surface area contributed by atoms with Crippen LogP contribution in [0.3, 0.4) is 0 Å². The van der Waals surface area contributed by atoms with Crippen LogP contribution in [0, 0.1) is 0 Å². The van der Waals surface area contributed by atoms with Gasteiger partial charge < -0.3 is 10.1 Å². The fourth-order valence-corrected chi connectivity index (χ4v) is 0. The second-order valence-electron chi connectivity index (χ2n) is 0.192. The molecule has 0 saturated heterocycles. The quantitative estimate of drug-likeness (QED) is 0.276. The van der Waals surface area contributed by atoms with Gasteiger partial charge in [0.05, 0.1) is 0 Å². The van der Waals surface area contributed by atoms with E-state index in [1.807, 2.05) is 0 Å². The predicted molar refractivity (Wildman–Crippen MR) is 12.9 cm³/mol. The van der Waals surface area contributed by atoms with Crippen LogP contribution in [0.5, 0.6) is 0 Å². The van der Waals surface area contributed by atoms with Gasteiger partial charge in [0.15, 0.2) is 0 Å². The van der Waals surface area contributed by atoms with Crippen LogP contribution < -0.4 is 74.2 Å². The van der Waals surface area contributed by atoms with Gasteiger partial charge in [0, 0.05) is 68.9 Å². The summed E-state index contributed by atoms with van der Waals surface area (Å²) in [6, 6.07) is 0. The van der Waals surface area contributed by atoms with Gasteiger partial charge in [-0.15, -0.1) is 0 Å². The average Bonchev–Trinajstić information content (AvgIpc) is 1.37. The van der Waals surface area contributed by atoms with E-state index in [-0.39, 0.29) is 144 Å². The summed E-state index contributed by atoms with van der Waals surface area (Å²) in [6.07, 6.45) is 0. The minimum absolute atomic E-state index is 0. The van der Waals surface area contributed by atoms with E-state index in [0.29, 0.717) is 0 Å². The first kappa shape index (κ1) is 16.3. The van der Waals surface area contributed by atoms with Gasteiger partial charge in [-0.25, -0.2) is 0 Å². The van der Waals surface area contributed by atoms with Crippen molar-refractivity contribution in [2.75, 3.05) is 0 Å². The summed E-state index contributed by atoms with van der Waals surface area (Å²) in [5.74, 6) is 0. The second-order valence-corrected chi connectivity index (χ2v) is 0.192. The maximum absolute atomic E-state index is 8.64. The standard InChI is InChI=1S/CH2O3.2Cs/c2-1-4-3;;/h1,3H;;/q;;+1/p-1. The van der Waals surface area contributed by atoms with Crippen LogP contribution in [0.15, 0.2) is 0 Å². The molecule has 0 aliphatic heterocycles. The first-order valence-electron chi connectivity index (χ1n) is 0.638. The summed E-state index contributed by atoms with van der Waals surface area (Å²) in [6.45, 7) is -0.181. The fourth-order valence-electron chi connectivity index (χ4n) is 0. The maximum Gasteiger partial charge on any atom is 1.00 e. The Bertz CT molecular complexity index is 22.8. The fraction of sp³-hybridized carbons (Fsp3) is 0. The molecule has 0 atom stereocenters. The molecule has 25 valence electrons. The van der Waals surface area contributed by atoms with E-state index in [1.54, 1.807) is 0 Å². The first-order chi connectivity index (χ1) is 1.91. The number of carbonyl (C=O) groups excluding carboxylic acids is 1. The van der Waals surface area contributed by atoms with Crippen molar-refractivity contribution >= 4 is 75.4 Å². The first-order valence-corrected chi connectivity index (χ1v) is 0.638. The molecular formula is CHCs2O3. The summed E-state index contributed by atoms with van der Waals surface area (Å²) in [7, 11) is 0. The topological polar surface area (TPSA) is 49.4 Å². The van der Waals surface area contributed by atoms with Crippen molar-refractivity contribution in [3.63, 3.8) is 0 Å². The Kier molecular flexibility index (Phi) is 42.9. The smallest absolute Gasteiger partial charge is 0.662 e. The van der Waals surface area contributed by atoms with Crippen molar-refractivity contribution in [1.29, 1.82) is 0 Å². The van der Waals surface area contributed by atoms with Gasteiger partial charge in [-0.3, -0.25) is 4.79 Å². The molecule has 0 rings (SSSR count). The molecule has 0 aromatic rings. The van der Waals surface area contributed by atoms with Crippen molar-refractivity contribution in [1.82, 2.24) is 0 Å².